The third kappa shape index (κ3) is 9.14. The molecule has 0 fully saturated rings. The fourth-order valence-corrected chi connectivity index (χ4v) is 6.33. The van der Waals surface area contributed by atoms with Gasteiger partial charge in [0.15, 0.2) is 6.10 Å². The van der Waals surface area contributed by atoms with Crippen molar-refractivity contribution in [2.45, 2.75) is 45.3 Å². The summed E-state index contributed by atoms with van der Waals surface area (Å²) >= 11 is 0. The van der Waals surface area contributed by atoms with Gasteiger partial charge in [-0.3, -0.25) is 0 Å². The van der Waals surface area contributed by atoms with Crippen LogP contribution in [0.15, 0.2) is 121 Å². The SMILES string of the molecule is CCOC(=O)C(Cc1ccc(OCCOC2c3ccc(Cc4ccccc4)cc3C=Cc3cc(Cc4ccccc4)ccc32)cc1)OCC. The van der Waals surface area contributed by atoms with Crippen molar-refractivity contribution in [3.63, 3.8) is 0 Å². The number of carbonyl (C=O) groups is 1. The molecule has 0 N–H and O–H groups in total. The van der Waals surface area contributed by atoms with Gasteiger partial charge in [-0.25, -0.2) is 4.79 Å². The highest BCUT2D eigenvalue weighted by atomic mass is 16.6. The van der Waals surface area contributed by atoms with Crippen molar-refractivity contribution in [2.24, 2.45) is 0 Å². The summed E-state index contributed by atoms with van der Waals surface area (Å²) < 4.78 is 23.6. The molecule has 0 radical (unpaired) electrons. The van der Waals surface area contributed by atoms with Crippen LogP contribution in [-0.2, 0) is 38.3 Å². The molecule has 0 aromatic heterocycles. The van der Waals surface area contributed by atoms with Gasteiger partial charge in [0.2, 0.25) is 0 Å². The second kappa shape index (κ2) is 16.9. The van der Waals surface area contributed by atoms with Gasteiger partial charge >= 0.3 is 5.97 Å². The Bertz CT molecular complexity index is 1730. The third-order valence-corrected chi connectivity index (χ3v) is 8.71. The maximum absolute atomic E-state index is 12.3. The molecule has 5 aromatic carbocycles. The number of rotatable bonds is 15. The molecule has 5 aromatic rings. The van der Waals surface area contributed by atoms with Gasteiger partial charge in [-0.05, 0) is 88.9 Å². The van der Waals surface area contributed by atoms with E-state index < -0.39 is 6.10 Å². The Kier molecular flexibility index (Phi) is 11.7. The predicted molar refractivity (Wildman–Crippen MR) is 196 cm³/mol. The second-order valence-corrected chi connectivity index (χ2v) is 12.2. The normalized spacial score (nSPS) is 12.9. The van der Waals surface area contributed by atoms with Crippen LogP contribution in [0.4, 0.5) is 0 Å². The van der Waals surface area contributed by atoms with Gasteiger partial charge in [0, 0.05) is 13.0 Å². The van der Waals surface area contributed by atoms with Gasteiger partial charge in [-0.15, -0.1) is 0 Å². The molecule has 0 bridgehead atoms. The van der Waals surface area contributed by atoms with E-state index in [4.69, 9.17) is 18.9 Å². The summed E-state index contributed by atoms with van der Waals surface area (Å²) in [6.07, 6.45) is 5.81. The summed E-state index contributed by atoms with van der Waals surface area (Å²) in [7, 11) is 0. The minimum absolute atomic E-state index is 0.235. The molecule has 0 saturated carbocycles. The molecule has 0 spiro atoms. The summed E-state index contributed by atoms with van der Waals surface area (Å²) in [5, 5.41) is 0. The highest BCUT2D eigenvalue weighted by molar-refractivity contribution is 5.77. The second-order valence-electron chi connectivity index (χ2n) is 12.2. The summed E-state index contributed by atoms with van der Waals surface area (Å²) in [5.41, 5.74) is 10.7. The van der Waals surface area contributed by atoms with E-state index in [1.54, 1.807) is 6.92 Å². The fraction of sp³-hybridized carbons (Fsp3) is 0.250. The molecule has 0 saturated heterocycles. The van der Waals surface area contributed by atoms with Gasteiger partial charge < -0.3 is 18.9 Å². The highest BCUT2D eigenvalue weighted by Crippen LogP contribution is 2.37. The molecule has 1 unspecified atom stereocenters. The monoisotopic (exact) mass is 652 g/mol. The number of fused-ring (bicyclic) bond motifs is 2. The molecular weight excluding hydrogens is 608 g/mol. The maximum atomic E-state index is 12.3. The molecule has 5 nitrogen and oxygen atoms in total. The van der Waals surface area contributed by atoms with E-state index in [0.29, 0.717) is 32.8 Å². The lowest BCUT2D eigenvalue weighted by atomic mass is 9.92. The molecular formula is C44H44O5. The van der Waals surface area contributed by atoms with Crippen molar-refractivity contribution in [2.75, 3.05) is 26.4 Å². The van der Waals surface area contributed by atoms with Gasteiger partial charge in [0.05, 0.1) is 13.2 Å². The molecule has 250 valence electrons. The first kappa shape index (κ1) is 33.9. The smallest absolute Gasteiger partial charge is 0.335 e. The van der Waals surface area contributed by atoms with E-state index in [1.165, 1.54) is 33.4 Å². The van der Waals surface area contributed by atoms with Gasteiger partial charge in [0.1, 0.15) is 18.5 Å². The van der Waals surface area contributed by atoms with Gasteiger partial charge in [-0.1, -0.05) is 121 Å². The summed E-state index contributed by atoms with van der Waals surface area (Å²) in [6.45, 7) is 5.26. The van der Waals surface area contributed by atoms with E-state index in [0.717, 1.165) is 35.3 Å². The number of ether oxygens (including phenoxy) is 4. The standard InChI is InChI=1S/C44H44O5/c1-3-46-42(44(45)47-4-2)31-34-15-21-39(22-16-34)48-25-26-49-43-40-23-17-35(27-32-11-7-5-8-12-32)29-37(40)19-20-38-30-36(18-24-41(38)43)28-33-13-9-6-10-14-33/h5-24,29-30,42-43H,3-4,25-28,31H2,1-2H3. The molecule has 5 heteroatoms. The van der Waals surface area contributed by atoms with Crippen molar-refractivity contribution in [3.8, 4) is 5.75 Å². The molecule has 0 heterocycles. The summed E-state index contributed by atoms with van der Waals surface area (Å²) in [4.78, 5) is 12.3. The lowest BCUT2D eigenvalue weighted by molar-refractivity contribution is -0.156. The lowest BCUT2D eigenvalue weighted by Gasteiger charge is -2.22. The van der Waals surface area contributed by atoms with Crippen LogP contribution in [0.5, 0.6) is 5.75 Å². The molecule has 1 atom stereocenters. The van der Waals surface area contributed by atoms with E-state index in [1.807, 2.05) is 31.2 Å². The summed E-state index contributed by atoms with van der Waals surface area (Å²) in [6, 6.07) is 42.4. The minimum atomic E-state index is -0.617. The Morgan fingerprint density at radius 3 is 1.69 bits per heavy atom. The van der Waals surface area contributed by atoms with Crippen molar-refractivity contribution in [1.82, 2.24) is 0 Å². The average Bonchev–Trinajstić information content (AvgIpc) is 3.27. The molecule has 49 heavy (non-hydrogen) atoms. The largest absolute Gasteiger partial charge is 0.491 e. The lowest BCUT2D eigenvalue weighted by Crippen LogP contribution is -2.28. The molecule has 0 amide bonds. The Balaban J connectivity index is 1.16. The number of carbonyl (C=O) groups excluding carboxylic acids is 1. The first-order valence-electron chi connectivity index (χ1n) is 17.2. The maximum Gasteiger partial charge on any atom is 0.335 e. The molecule has 1 aliphatic carbocycles. The van der Waals surface area contributed by atoms with E-state index in [2.05, 4.69) is 109 Å². The quantitative estimate of drug-likeness (QED) is 0.0835. The average molecular weight is 653 g/mol. The van der Waals surface area contributed by atoms with Crippen LogP contribution in [0.1, 0.15) is 70.0 Å². The Hall–Kier alpha value is -4.97. The zero-order chi connectivity index (χ0) is 33.8. The number of benzene rings is 5. The Morgan fingerprint density at radius 1 is 0.612 bits per heavy atom. The zero-order valence-electron chi connectivity index (χ0n) is 28.3. The predicted octanol–water partition coefficient (Wildman–Crippen LogP) is 9.05. The van der Waals surface area contributed by atoms with Crippen LogP contribution < -0.4 is 4.74 Å². The number of esters is 1. The first-order valence-corrected chi connectivity index (χ1v) is 17.2. The third-order valence-electron chi connectivity index (χ3n) is 8.71. The van der Waals surface area contributed by atoms with Crippen LogP contribution >= 0.6 is 0 Å². The number of hydrogen-bond donors (Lipinski definition) is 0. The van der Waals surface area contributed by atoms with E-state index in [9.17, 15) is 4.79 Å². The van der Waals surface area contributed by atoms with Crippen LogP contribution in [0.25, 0.3) is 12.2 Å². The summed E-state index contributed by atoms with van der Waals surface area (Å²) in [5.74, 6) is 0.411. The number of hydrogen-bond acceptors (Lipinski definition) is 5. The van der Waals surface area contributed by atoms with Crippen LogP contribution in [-0.4, -0.2) is 38.5 Å². The highest BCUT2D eigenvalue weighted by Gasteiger charge is 2.24. The van der Waals surface area contributed by atoms with Crippen LogP contribution in [0.2, 0.25) is 0 Å². The van der Waals surface area contributed by atoms with Gasteiger partial charge in [-0.2, -0.15) is 0 Å². The van der Waals surface area contributed by atoms with Crippen molar-refractivity contribution in [1.29, 1.82) is 0 Å². The fourth-order valence-electron chi connectivity index (χ4n) is 6.33. The van der Waals surface area contributed by atoms with Crippen molar-refractivity contribution in [3.05, 3.63) is 171 Å². The van der Waals surface area contributed by atoms with Crippen LogP contribution in [0, 0.1) is 0 Å². The first-order chi connectivity index (χ1) is 24.1. The van der Waals surface area contributed by atoms with Gasteiger partial charge in [0.25, 0.3) is 0 Å². The van der Waals surface area contributed by atoms with Crippen LogP contribution in [0.3, 0.4) is 0 Å². The topological polar surface area (TPSA) is 54.0 Å². The molecule has 1 aliphatic rings. The van der Waals surface area contributed by atoms with E-state index in [-0.39, 0.29) is 12.1 Å². The zero-order valence-corrected chi connectivity index (χ0v) is 28.3. The minimum Gasteiger partial charge on any atom is -0.491 e. The Labute approximate surface area is 290 Å². The Morgan fingerprint density at radius 2 is 1.16 bits per heavy atom. The molecule has 0 aliphatic heterocycles. The molecule has 6 rings (SSSR count). The van der Waals surface area contributed by atoms with Crippen molar-refractivity contribution < 1.29 is 23.7 Å². The van der Waals surface area contributed by atoms with Crippen molar-refractivity contribution >= 4 is 18.1 Å². The van der Waals surface area contributed by atoms with E-state index >= 15 is 0 Å².